The summed E-state index contributed by atoms with van der Waals surface area (Å²) in [4.78, 5) is 25.6. The van der Waals surface area contributed by atoms with E-state index in [1.807, 2.05) is 19.1 Å². The first-order chi connectivity index (χ1) is 14.0. The Morgan fingerprint density at radius 1 is 0.793 bits per heavy atom. The quantitative estimate of drug-likeness (QED) is 0.240. The van der Waals surface area contributed by atoms with E-state index in [-0.39, 0.29) is 18.4 Å². The van der Waals surface area contributed by atoms with Crippen molar-refractivity contribution in [1.82, 2.24) is 4.90 Å². The second-order valence-electron chi connectivity index (χ2n) is 8.14. The van der Waals surface area contributed by atoms with Gasteiger partial charge in [-0.15, -0.1) is 0 Å². The molecule has 0 saturated heterocycles. The minimum Gasteiger partial charge on any atom is -0.464 e. The van der Waals surface area contributed by atoms with Crippen molar-refractivity contribution in [1.29, 1.82) is 0 Å². The van der Waals surface area contributed by atoms with Crippen molar-refractivity contribution in [3.63, 3.8) is 0 Å². The average molecular weight is 404 g/mol. The van der Waals surface area contributed by atoms with Crippen LogP contribution in [0.1, 0.15) is 99.9 Å². The molecule has 29 heavy (non-hydrogen) atoms. The molecule has 1 aromatic carbocycles. The van der Waals surface area contributed by atoms with Gasteiger partial charge in [0.1, 0.15) is 6.54 Å². The van der Waals surface area contributed by atoms with E-state index < -0.39 is 0 Å². The lowest BCUT2D eigenvalue weighted by molar-refractivity contribution is -0.144. The van der Waals surface area contributed by atoms with Crippen molar-refractivity contribution in [2.75, 3.05) is 20.2 Å². The molecular weight excluding hydrogens is 362 g/mol. The molecule has 0 unspecified atom stereocenters. The van der Waals surface area contributed by atoms with Gasteiger partial charge in [-0.1, -0.05) is 95.2 Å². The summed E-state index contributed by atoms with van der Waals surface area (Å²) in [6.07, 6.45) is 15.4. The summed E-state index contributed by atoms with van der Waals surface area (Å²) in [5.41, 5.74) is 1.69. The van der Waals surface area contributed by atoms with Gasteiger partial charge in [-0.05, 0) is 25.5 Å². The lowest BCUT2D eigenvalue weighted by Gasteiger charge is -2.16. The SMILES string of the molecule is CCCCCCCCCCCCCCOC(=O)CN(C)C(=O)c1ccc(C)cc1. The fraction of sp³-hybridized carbons (Fsp3) is 0.680. The fourth-order valence-electron chi connectivity index (χ4n) is 3.36. The summed E-state index contributed by atoms with van der Waals surface area (Å²) >= 11 is 0. The molecular formula is C25H41NO3. The van der Waals surface area contributed by atoms with Gasteiger partial charge in [-0.25, -0.2) is 0 Å². The zero-order valence-corrected chi connectivity index (χ0v) is 18.9. The van der Waals surface area contributed by atoms with Crippen molar-refractivity contribution in [2.24, 2.45) is 0 Å². The molecule has 0 aliphatic carbocycles. The Hall–Kier alpha value is -1.84. The van der Waals surface area contributed by atoms with Crippen molar-refractivity contribution in [3.8, 4) is 0 Å². The Morgan fingerprint density at radius 2 is 1.28 bits per heavy atom. The first-order valence-corrected chi connectivity index (χ1v) is 11.5. The number of esters is 1. The lowest BCUT2D eigenvalue weighted by atomic mass is 10.1. The number of carbonyl (C=O) groups is 2. The van der Waals surface area contributed by atoms with Crippen LogP contribution in [0.15, 0.2) is 24.3 Å². The number of likely N-dealkylation sites (N-methyl/N-ethyl adjacent to an activating group) is 1. The van der Waals surface area contributed by atoms with Crippen molar-refractivity contribution in [2.45, 2.75) is 90.9 Å². The average Bonchev–Trinajstić information content (AvgIpc) is 2.71. The number of hydrogen-bond acceptors (Lipinski definition) is 3. The van der Waals surface area contributed by atoms with Crippen LogP contribution in [0.3, 0.4) is 0 Å². The highest BCUT2D eigenvalue weighted by Gasteiger charge is 2.15. The van der Waals surface area contributed by atoms with Crippen LogP contribution in [0.2, 0.25) is 0 Å². The van der Waals surface area contributed by atoms with Crippen molar-refractivity contribution < 1.29 is 14.3 Å². The summed E-state index contributed by atoms with van der Waals surface area (Å²) in [6.45, 7) is 4.67. The molecule has 0 atom stereocenters. The Labute approximate surface area is 178 Å². The number of benzene rings is 1. The Balaban J connectivity index is 1.98. The molecule has 1 rings (SSSR count). The maximum atomic E-state index is 12.3. The minimum absolute atomic E-state index is 0.00896. The molecule has 4 nitrogen and oxygen atoms in total. The van der Waals surface area contributed by atoms with Gasteiger partial charge in [0.15, 0.2) is 0 Å². The van der Waals surface area contributed by atoms with Gasteiger partial charge in [0.25, 0.3) is 5.91 Å². The summed E-state index contributed by atoms with van der Waals surface area (Å²) < 4.78 is 5.28. The van der Waals surface area contributed by atoms with E-state index in [2.05, 4.69) is 6.92 Å². The summed E-state index contributed by atoms with van der Waals surface area (Å²) in [5, 5.41) is 0. The third-order valence-corrected chi connectivity index (χ3v) is 5.27. The third-order valence-electron chi connectivity index (χ3n) is 5.27. The topological polar surface area (TPSA) is 46.6 Å². The number of aryl methyl sites for hydroxylation is 1. The number of hydrogen-bond donors (Lipinski definition) is 0. The largest absolute Gasteiger partial charge is 0.464 e. The molecule has 0 N–H and O–H groups in total. The highest BCUT2D eigenvalue weighted by atomic mass is 16.5. The van der Waals surface area contributed by atoms with E-state index in [4.69, 9.17) is 4.74 Å². The van der Waals surface area contributed by atoms with Gasteiger partial charge in [-0.3, -0.25) is 9.59 Å². The Morgan fingerprint density at radius 3 is 1.79 bits per heavy atom. The summed E-state index contributed by atoms with van der Waals surface area (Å²) in [6, 6.07) is 7.36. The van der Waals surface area contributed by atoms with E-state index in [0.29, 0.717) is 12.2 Å². The summed E-state index contributed by atoms with van der Waals surface area (Å²) in [7, 11) is 1.63. The van der Waals surface area contributed by atoms with Crippen LogP contribution >= 0.6 is 0 Å². The van der Waals surface area contributed by atoms with Crippen LogP contribution in [-0.4, -0.2) is 37.0 Å². The van der Waals surface area contributed by atoms with E-state index >= 15 is 0 Å². The van der Waals surface area contributed by atoms with Crippen molar-refractivity contribution >= 4 is 11.9 Å². The number of rotatable bonds is 16. The predicted octanol–water partition coefficient (Wildman–Crippen LogP) is 6.31. The molecule has 1 aromatic rings. The lowest BCUT2D eigenvalue weighted by Crippen LogP contribution is -2.33. The van der Waals surface area contributed by atoms with Crippen LogP contribution in [-0.2, 0) is 9.53 Å². The minimum atomic E-state index is -0.337. The van der Waals surface area contributed by atoms with Gasteiger partial charge in [0.2, 0.25) is 0 Å². The molecule has 0 aliphatic rings. The first-order valence-electron chi connectivity index (χ1n) is 11.5. The molecule has 164 valence electrons. The van der Waals surface area contributed by atoms with Crippen LogP contribution < -0.4 is 0 Å². The maximum Gasteiger partial charge on any atom is 0.325 e. The molecule has 0 saturated carbocycles. The molecule has 4 heteroatoms. The second kappa shape index (κ2) is 16.0. The van der Waals surface area contributed by atoms with Gasteiger partial charge >= 0.3 is 5.97 Å². The van der Waals surface area contributed by atoms with Gasteiger partial charge < -0.3 is 9.64 Å². The molecule has 0 aliphatic heterocycles. The van der Waals surface area contributed by atoms with Gasteiger partial charge in [-0.2, -0.15) is 0 Å². The highest BCUT2D eigenvalue weighted by molar-refractivity contribution is 5.95. The number of carbonyl (C=O) groups excluding carboxylic acids is 2. The number of nitrogens with zero attached hydrogens (tertiary/aromatic N) is 1. The molecule has 0 bridgehead atoms. The van der Waals surface area contributed by atoms with Crippen LogP contribution in [0.5, 0.6) is 0 Å². The molecule has 0 spiro atoms. The third kappa shape index (κ3) is 12.4. The normalized spacial score (nSPS) is 10.7. The van der Waals surface area contributed by atoms with Crippen LogP contribution in [0.25, 0.3) is 0 Å². The monoisotopic (exact) mass is 403 g/mol. The second-order valence-corrected chi connectivity index (χ2v) is 8.14. The zero-order valence-electron chi connectivity index (χ0n) is 18.9. The van der Waals surface area contributed by atoms with E-state index in [1.165, 1.54) is 69.1 Å². The summed E-state index contributed by atoms with van der Waals surface area (Å²) in [5.74, 6) is -0.497. The number of ether oxygens (including phenoxy) is 1. The van der Waals surface area contributed by atoms with E-state index in [9.17, 15) is 9.59 Å². The van der Waals surface area contributed by atoms with Crippen LogP contribution in [0, 0.1) is 6.92 Å². The Bertz CT molecular complexity index is 568. The molecule has 1 amide bonds. The van der Waals surface area contributed by atoms with Crippen molar-refractivity contribution in [3.05, 3.63) is 35.4 Å². The number of unbranched alkanes of at least 4 members (excludes halogenated alkanes) is 11. The predicted molar refractivity (Wildman–Crippen MR) is 120 cm³/mol. The van der Waals surface area contributed by atoms with Gasteiger partial charge in [0, 0.05) is 12.6 Å². The first kappa shape index (κ1) is 25.2. The number of amides is 1. The highest BCUT2D eigenvalue weighted by Crippen LogP contribution is 2.12. The Kier molecular flexibility index (Phi) is 13.9. The maximum absolute atomic E-state index is 12.3. The smallest absolute Gasteiger partial charge is 0.325 e. The van der Waals surface area contributed by atoms with E-state index in [1.54, 1.807) is 19.2 Å². The zero-order chi connectivity index (χ0) is 21.3. The van der Waals surface area contributed by atoms with Crippen LogP contribution in [0.4, 0.5) is 0 Å². The fourth-order valence-corrected chi connectivity index (χ4v) is 3.36. The standard InChI is InChI=1S/C25H41NO3/c1-4-5-6-7-8-9-10-11-12-13-14-15-20-29-24(27)21-26(3)25(28)23-18-16-22(2)17-19-23/h16-19H,4-15,20-21H2,1-3H3. The van der Waals surface area contributed by atoms with E-state index in [0.717, 1.165) is 18.4 Å². The molecule has 0 radical (unpaired) electrons. The molecule has 0 heterocycles. The van der Waals surface area contributed by atoms with Gasteiger partial charge in [0.05, 0.1) is 6.61 Å². The molecule has 0 aromatic heterocycles. The molecule has 0 fully saturated rings.